The second-order valence-corrected chi connectivity index (χ2v) is 7.73. The average Bonchev–Trinajstić information content (AvgIpc) is 3.05. The third-order valence-electron chi connectivity index (χ3n) is 4.24. The summed E-state index contributed by atoms with van der Waals surface area (Å²) in [6.07, 6.45) is 4.47. The highest BCUT2D eigenvalue weighted by Crippen LogP contribution is 2.19. The number of carbonyl (C=O) groups excluding carboxylic acids is 2. The molecule has 0 aliphatic carbocycles. The number of nitrogens with zero attached hydrogens (tertiary/aromatic N) is 2. The smallest absolute Gasteiger partial charge is 0.326 e. The van der Waals surface area contributed by atoms with E-state index < -0.39 is 18.1 Å². The molecule has 0 radical (unpaired) electrons. The van der Waals surface area contributed by atoms with Gasteiger partial charge in [0.15, 0.2) is 0 Å². The zero-order valence-electron chi connectivity index (χ0n) is 14.6. The number of aromatic nitrogens is 1. The van der Waals surface area contributed by atoms with Gasteiger partial charge in [0, 0.05) is 30.5 Å². The maximum absolute atomic E-state index is 12.8. The molecule has 2 unspecified atom stereocenters. The Morgan fingerprint density at radius 1 is 1.40 bits per heavy atom. The van der Waals surface area contributed by atoms with Crippen molar-refractivity contribution in [2.75, 3.05) is 6.54 Å². The van der Waals surface area contributed by atoms with E-state index in [-0.39, 0.29) is 24.2 Å². The van der Waals surface area contributed by atoms with E-state index in [4.69, 9.17) is 0 Å². The van der Waals surface area contributed by atoms with Crippen molar-refractivity contribution in [1.82, 2.24) is 15.2 Å². The Morgan fingerprint density at radius 3 is 2.72 bits per heavy atom. The molecule has 0 bridgehead atoms. The summed E-state index contributed by atoms with van der Waals surface area (Å²) >= 11 is 1.35. The molecule has 1 fully saturated rings. The number of carboxylic acids is 1. The summed E-state index contributed by atoms with van der Waals surface area (Å²) in [5.41, 5.74) is 1.63. The fraction of sp³-hybridized carbons (Fsp3) is 0.647. The minimum absolute atomic E-state index is 0.0265. The summed E-state index contributed by atoms with van der Waals surface area (Å²) in [4.78, 5) is 42.9. The van der Waals surface area contributed by atoms with Crippen LogP contribution in [-0.2, 0) is 20.8 Å². The zero-order chi connectivity index (χ0) is 18.4. The van der Waals surface area contributed by atoms with Crippen LogP contribution in [0.15, 0.2) is 11.7 Å². The van der Waals surface area contributed by atoms with Gasteiger partial charge >= 0.3 is 5.97 Å². The fourth-order valence-electron chi connectivity index (χ4n) is 2.99. The van der Waals surface area contributed by atoms with Gasteiger partial charge in [-0.3, -0.25) is 14.6 Å². The highest BCUT2D eigenvalue weighted by molar-refractivity contribution is 7.09. The van der Waals surface area contributed by atoms with Crippen LogP contribution in [0.1, 0.15) is 44.4 Å². The summed E-state index contributed by atoms with van der Waals surface area (Å²) in [5.74, 6) is -1.28. The number of amides is 2. The van der Waals surface area contributed by atoms with Crippen molar-refractivity contribution in [3.8, 4) is 0 Å². The van der Waals surface area contributed by atoms with E-state index in [0.29, 0.717) is 19.4 Å². The normalized spacial score (nSPS) is 17.4. The molecular weight excluding hydrogens is 342 g/mol. The predicted molar refractivity (Wildman–Crippen MR) is 94.2 cm³/mol. The molecule has 1 aromatic heterocycles. The van der Waals surface area contributed by atoms with Gasteiger partial charge in [-0.05, 0) is 25.2 Å². The Hall–Kier alpha value is -1.96. The Balaban J connectivity index is 2.10. The number of carboxylic acid groups (broad SMARTS) is 1. The van der Waals surface area contributed by atoms with Crippen LogP contribution >= 0.6 is 11.3 Å². The molecular formula is C17H25N3O4S. The van der Waals surface area contributed by atoms with Crippen molar-refractivity contribution in [3.63, 3.8) is 0 Å². The largest absolute Gasteiger partial charge is 0.480 e. The quantitative estimate of drug-likeness (QED) is 0.728. The first kappa shape index (κ1) is 19.4. The molecule has 0 saturated carbocycles. The molecule has 25 heavy (non-hydrogen) atoms. The summed E-state index contributed by atoms with van der Waals surface area (Å²) in [6, 6.07) is -1.64. The summed E-state index contributed by atoms with van der Waals surface area (Å²) < 4.78 is 0. The second-order valence-electron chi connectivity index (χ2n) is 6.76. The molecule has 0 aromatic carbocycles. The van der Waals surface area contributed by atoms with Crippen molar-refractivity contribution in [3.05, 3.63) is 16.6 Å². The summed E-state index contributed by atoms with van der Waals surface area (Å²) in [7, 11) is 0. The van der Waals surface area contributed by atoms with Crippen molar-refractivity contribution in [2.45, 2.75) is 58.0 Å². The van der Waals surface area contributed by atoms with Crippen LogP contribution in [0, 0.1) is 5.92 Å². The van der Waals surface area contributed by atoms with Gasteiger partial charge in [0.25, 0.3) is 0 Å². The number of hydrogen-bond acceptors (Lipinski definition) is 5. The van der Waals surface area contributed by atoms with Crippen molar-refractivity contribution < 1.29 is 19.5 Å². The van der Waals surface area contributed by atoms with Crippen molar-refractivity contribution in [2.24, 2.45) is 5.92 Å². The molecule has 2 amide bonds. The number of thiazole rings is 1. The molecule has 1 aliphatic rings. The van der Waals surface area contributed by atoms with Crippen LogP contribution in [0.5, 0.6) is 0 Å². The molecule has 7 nitrogen and oxygen atoms in total. The third kappa shape index (κ3) is 5.52. The summed E-state index contributed by atoms with van der Waals surface area (Å²) in [5, 5.41) is 12.1. The maximum Gasteiger partial charge on any atom is 0.326 e. The van der Waals surface area contributed by atoms with Gasteiger partial charge in [0.05, 0.1) is 5.51 Å². The lowest BCUT2D eigenvalue weighted by Crippen LogP contribution is -2.55. The highest BCUT2D eigenvalue weighted by Gasteiger charge is 2.34. The molecule has 2 atom stereocenters. The molecule has 8 heteroatoms. The van der Waals surface area contributed by atoms with E-state index in [1.165, 1.54) is 11.3 Å². The van der Waals surface area contributed by atoms with Crippen LogP contribution in [0.3, 0.4) is 0 Å². The predicted octanol–water partition coefficient (Wildman–Crippen LogP) is 1.68. The van der Waals surface area contributed by atoms with E-state index >= 15 is 0 Å². The van der Waals surface area contributed by atoms with Crippen molar-refractivity contribution in [1.29, 1.82) is 0 Å². The van der Waals surface area contributed by atoms with Gasteiger partial charge in [0.1, 0.15) is 12.1 Å². The molecule has 2 rings (SSSR count). The van der Waals surface area contributed by atoms with E-state index in [1.54, 1.807) is 16.6 Å². The number of nitrogens with one attached hydrogen (secondary N) is 1. The van der Waals surface area contributed by atoms with Gasteiger partial charge in [0.2, 0.25) is 11.8 Å². The van der Waals surface area contributed by atoms with E-state index in [1.807, 2.05) is 13.8 Å². The second kappa shape index (κ2) is 8.94. The number of hydrogen-bond donors (Lipinski definition) is 2. The van der Waals surface area contributed by atoms with Crippen molar-refractivity contribution >= 4 is 29.1 Å². The van der Waals surface area contributed by atoms with Crippen LogP contribution in [0.2, 0.25) is 0 Å². The first-order valence-corrected chi connectivity index (χ1v) is 9.46. The van der Waals surface area contributed by atoms with Crippen LogP contribution in [0.4, 0.5) is 0 Å². The lowest BCUT2D eigenvalue weighted by molar-refractivity contribution is -0.146. The van der Waals surface area contributed by atoms with Gasteiger partial charge in [-0.25, -0.2) is 4.79 Å². The number of rotatable bonds is 8. The van der Waals surface area contributed by atoms with E-state index in [0.717, 1.165) is 17.7 Å². The van der Waals surface area contributed by atoms with E-state index in [2.05, 4.69) is 10.3 Å². The number of likely N-dealkylation sites (tertiary alicyclic amines) is 1. The standard InChI is InChI=1S/C17H25N3O4S/c1-11(2)7-14(20-6-4-3-5-15(20)21)16(22)19-13(17(23)24)8-12-9-18-10-25-12/h9-11,13-14H,3-8H2,1-2H3,(H,19,22)(H,23,24). The SMILES string of the molecule is CC(C)CC(C(=O)NC(Cc1cncs1)C(=O)O)N1CCCCC1=O. The maximum atomic E-state index is 12.8. The van der Waals surface area contributed by atoms with Crippen LogP contribution in [0.25, 0.3) is 0 Å². The lowest BCUT2D eigenvalue weighted by atomic mass is 9.98. The molecule has 1 aliphatic heterocycles. The number of aliphatic carboxylic acids is 1. The first-order valence-electron chi connectivity index (χ1n) is 8.58. The third-order valence-corrected chi connectivity index (χ3v) is 5.04. The van der Waals surface area contributed by atoms with Gasteiger partial charge in [-0.2, -0.15) is 0 Å². The van der Waals surface area contributed by atoms with E-state index in [9.17, 15) is 19.5 Å². The minimum Gasteiger partial charge on any atom is -0.480 e. The zero-order valence-corrected chi connectivity index (χ0v) is 15.4. The molecule has 2 N–H and O–H groups in total. The Kier molecular flexibility index (Phi) is 6.92. The molecule has 1 saturated heterocycles. The average molecular weight is 367 g/mol. The Bertz CT molecular complexity index is 603. The highest BCUT2D eigenvalue weighted by atomic mass is 32.1. The molecule has 0 spiro atoms. The topological polar surface area (TPSA) is 99.6 Å². The van der Waals surface area contributed by atoms with Crippen LogP contribution in [-0.4, -0.2) is 51.4 Å². The van der Waals surface area contributed by atoms with Gasteiger partial charge in [-0.1, -0.05) is 13.8 Å². The molecule has 1 aromatic rings. The minimum atomic E-state index is -1.09. The Labute approximate surface area is 151 Å². The summed E-state index contributed by atoms with van der Waals surface area (Å²) in [6.45, 7) is 4.53. The molecule has 2 heterocycles. The number of piperidine rings is 1. The van der Waals surface area contributed by atoms with Gasteiger partial charge in [-0.15, -0.1) is 11.3 Å². The first-order chi connectivity index (χ1) is 11.9. The van der Waals surface area contributed by atoms with Crippen LogP contribution < -0.4 is 5.32 Å². The number of carbonyl (C=O) groups is 3. The fourth-order valence-corrected chi connectivity index (χ4v) is 3.63. The molecule has 138 valence electrons. The van der Waals surface area contributed by atoms with Gasteiger partial charge < -0.3 is 15.3 Å². The lowest BCUT2D eigenvalue weighted by Gasteiger charge is -2.35. The Morgan fingerprint density at radius 2 is 2.16 bits per heavy atom. The monoisotopic (exact) mass is 367 g/mol.